The van der Waals surface area contributed by atoms with Crippen LogP contribution in [0.5, 0.6) is 0 Å². The number of halogens is 1. The number of carboxylic acid groups (broad SMARTS) is 1. The molecule has 3 nitrogen and oxygen atoms in total. The van der Waals surface area contributed by atoms with Gasteiger partial charge in [-0.25, -0.2) is 0 Å². The van der Waals surface area contributed by atoms with Gasteiger partial charge in [-0.3, -0.25) is 4.79 Å². The molecule has 94 valence electrons. The van der Waals surface area contributed by atoms with Crippen molar-refractivity contribution in [3.8, 4) is 0 Å². The lowest BCUT2D eigenvalue weighted by Crippen LogP contribution is -2.41. The summed E-state index contributed by atoms with van der Waals surface area (Å²) in [6.07, 6.45) is -10.7. The van der Waals surface area contributed by atoms with Gasteiger partial charge in [0.2, 0.25) is 0 Å². The minimum absolute atomic E-state index is 0. The van der Waals surface area contributed by atoms with Crippen molar-refractivity contribution in [1.82, 2.24) is 5.32 Å². The van der Waals surface area contributed by atoms with Gasteiger partial charge in [0, 0.05) is 19.7 Å². The first kappa shape index (κ1) is 5.29. The monoisotopic (exact) mass is 265 g/mol. The number of benzene rings is 1. The molecule has 0 bridgehead atoms. The molecular weight excluding hydrogens is 238 g/mol. The lowest BCUT2D eigenvalue weighted by atomic mass is 9.86. The number of aliphatic carboxylic acids is 1. The van der Waals surface area contributed by atoms with E-state index in [9.17, 15) is 9.90 Å². The van der Waals surface area contributed by atoms with Crippen molar-refractivity contribution in [2.75, 3.05) is 6.50 Å². The molecule has 1 aliphatic heterocycles. The Kier molecular flexibility index (Phi) is 2.06. The SMILES string of the molecule is Cl.[2H]C1([2H])N[C@@]([2H])([C@]([2H])(C(=O)O)c2ccccc2)C([2H])([2H])C([2H])([2H])C1([2H])[2H]. The van der Waals surface area contributed by atoms with E-state index in [4.69, 9.17) is 13.7 Å². The first-order valence-electron chi connectivity index (χ1n) is 9.59. The van der Waals surface area contributed by atoms with E-state index in [1.54, 1.807) is 5.32 Å². The molecular formula is C13H18ClNO2. The molecule has 1 heterocycles. The van der Waals surface area contributed by atoms with Crippen LogP contribution in [0.2, 0.25) is 0 Å². The molecule has 1 aromatic carbocycles. The molecule has 1 aromatic rings. The molecule has 0 unspecified atom stereocenters. The average molecular weight is 266 g/mol. The van der Waals surface area contributed by atoms with Crippen molar-refractivity contribution in [3.63, 3.8) is 0 Å². The summed E-state index contributed by atoms with van der Waals surface area (Å²) in [6, 6.07) is 3.01. The first-order valence-corrected chi connectivity index (χ1v) is 4.59. The summed E-state index contributed by atoms with van der Waals surface area (Å²) >= 11 is 0. The summed E-state index contributed by atoms with van der Waals surface area (Å²) in [6.45, 7) is -3.33. The second-order valence-electron chi connectivity index (χ2n) is 3.05. The smallest absolute Gasteiger partial charge is 0.312 e. The van der Waals surface area contributed by atoms with E-state index in [0.29, 0.717) is 0 Å². The van der Waals surface area contributed by atoms with Crippen LogP contribution < -0.4 is 5.32 Å². The van der Waals surface area contributed by atoms with Gasteiger partial charge in [0.1, 0.15) is 0 Å². The van der Waals surface area contributed by atoms with E-state index in [0.717, 1.165) is 12.1 Å². The van der Waals surface area contributed by atoms with E-state index < -0.39 is 43.5 Å². The maximum Gasteiger partial charge on any atom is 0.312 e. The van der Waals surface area contributed by atoms with Gasteiger partial charge >= 0.3 is 5.97 Å². The first-order chi connectivity index (χ1) is 11.5. The molecule has 0 amide bonds. The van der Waals surface area contributed by atoms with Crippen molar-refractivity contribution in [1.29, 1.82) is 0 Å². The third kappa shape index (κ3) is 3.45. The highest BCUT2D eigenvalue weighted by atomic mass is 35.5. The van der Waals surface area contributed by atoms with Crippen molar-refractivity contribution in [3.05, 3.63) is 35.9 Å². The highest BCUT2D eigenvalue weighted by Crippen LogP contribution is 2.25. The van der Waals surface area contributed by atoms with Gasteiger partial charge < -0.3 is 10.4 Å². The summed E-state index contributed by atoms with van der Waals surface area (Å²) in [5.74, 6) is -5.20. The van der Waals surface area contributed by atoms with Gasteiger partial charge in [-0.15, -0.1) is 12.4 Å². The van der Waals surface area contributed by atoms with Crippen LogP contribution in [0.15, 0.2) is 30.3 Å². The Hall–Kier alpha value is -1.06. The molecule has 0 aromatic heterocycles. The number of hydrogen-bond donors (Lipinski definition) is 2. The quantitative estimate of drug-likeness (QED) is 0.883. The van der Waals surface area contributed by atoms with Crippen LogP contribution in [0.4, 0.5) is 0 Å². The van der Waals surface area contributed by atoms with Crippen molar-refractivity contribution < 1.29 is 23.6 Å². The Morgan fingerprint density at radius 1 is 1.53 bits per heavy atom. The number of rotatable bonds is 3. The molecule has 1 aliphatic rings. The number of carbonyl (C=O) groups is 1. The third-order valence-corrected chi connectivity index (χ3v) is 2.03. The van der Waals surface area contributed by atoms with Crippen LogP contribution in [-0.2, 0) is 4.79 Å². The van der Waals surface area contributed by atoms with E-state index in [2.05, 4.69) is 0 Å². The minimum atomic E-state index is -3.63. The second kappa shape index (κ2) is 6.62. The molecule has 0 saturated carbocycles. The predicted molar refractivity (Wildman–Crippen MR) is 69.7 cm³/mol. The number of hydrogen-bond acceptors (Lipinski definition) is 2. The zero-order chi connectivity index (χ0) is 20.4. The zero-order valence-corrected chi connectivity index (χ0v) is 9.47. The van der Waals surface area contributed by atoms with Crippen LogP contribution in [0.3, 0.4) is 0 Å². The van der Waals surface area contributed by atoms with Crippen LogP contribution in [0.1, 0.15) is 44.3 Å². The van der Waals surface area contributed by atoms with Gasteiger partial charge in [0.15, 0.2) is 0 Å². The Morgan fingerprint density at radius 2 is 2.24 bits per heavy atom. The van der Waals surface area contributed by atoms with Crippen molar-refractivity contribution in [2.24, 2.45) is 0 Å². The molecule has 0 radical (unpaired) electrons. The fraction of sp³-hybridized carbons (Fsp3) is 0.462. The molecule has 17 heavy (non-hydrogen) atoms. The van der Waals surface area contributed by atoms with Crippen molar-refractivity contribution >= 4 is 18.4 Å². The largest absolute Gasteiger partial charge is 0.481 e. The van der Waals surface area contributed by atoms with E-state index in [1.807, 2.05) is 0 Å². The number of carboxylic acids is 1. The molecule has 1 saturated heterocycles. The average Bonchev–Trinajstić information content (AvgIpc) is 2.52. The van der Waals surface area contributed by atoms with E-state index in [1.165, 1.54) is 18.2 Å². The van der Waals surface area contributed by atoms with Crippen molar-refractivity contribution in [2.45, 2.75) is 31.0 Å². The van der Waals surface area contributed by atoms with Gasteiger partial charge in [-0.1, -0.05) is 36.7 Å². The highest BCUT2D eigenvalue weighted by molar-refractivity contribution is 5.85. The predicted octanol–water partition coefficient (Wildman–Crippen LogP) is 2.42. The molecule has 0 spiro atoms. The van der Waals surface area contributed by atoms with E-state index in [-0.39, 0.29) is 18.0 Å². The summed E-state index contributed by atoms with van der Waals surface area (Å²) in [4.78, 5) is 11.9. The summed E-state index contributed by atoms with van der Waals surface area (Å²) < 4.78 is 79.7. The fourth-order valence-corrected chi connectivity index (χ4v) is 1.35. The standard InChI is InChI=1S/C13H17NO2.ClH/c15-13(16)12(10-6-2-1-3-7-10)11-8-4-5-9-14-11;/h1-3,6-7,11-12,14H,4-5,8-9H2,(H,15,16);1H/t11-,12-;/m1./s1/i4D2,5D2,8D2,9D2,11D,12D;. The second-order valence-corrected chi connectivity index (χ2v) is 3.05. The molecule has 0 aliphatic carbocycles. The lowest BCUT2D eigenvalue weighted by Gasteiger charge is -2.29. The van der Waals surface area contributed by atoms with Crippen LogP contribution in [0, 0.1) is 0 Å². The summed E-state index contributed by atoms with van der Waals surface area (Å²) in [5.41, 5.74) is -0.382. The maximum atomic E-state index is 11.9. The van der Waals surface area contributed by atoms with E-state index >= 15 is 0 Å². The highest BCUT2D eigenvalue weighted by Gasteiger charge is 2.30. The minimum Gasteiger partial charge on any atom is -0.481 e. The number of nitrogens with one attached hydrogen (secondary N) is 1. The van der Waals surface area contributed by atoms with Crippen LogP contribution in [0.25, 0.3) is 0 Å². The number of piperidine rings is 1. The Labute approximate surface area is 122 Å². The zero-order valence-electron chi connectivity index (χ0n) is 18.7. The topological polar surface area (TPSA) is 49.3 Å². The van der Waals surface area contributed by atoms with Gasteiger partial charge in [-0.2, -0.15) is 0 Å². The molecule has 2 atom stereocenters. The summed E-state index contributed by atoms with van der Waals surface area (Å²) in [7, 11) is 0. The van der Waals surface area contributed by atoms with Gasteiger partial charge in [-0.05, 0) is 24.8 Å². The fourth-order valence-electron chi connectivity index (χ4n) is 1.35. The van der Waals surface area contributed by atoms with Gasteiger partial charge in [0.25, 0.3) is 0 Å². The Morgan fingerprint density at radius 3 is 2.88 bits per heavy atom. The normalized spacial score (nSPS) is 48.0. The molecule has 1 fully saturated rings. The molecule has 2 N–H and O–H groups in total. The maximum absolute atomic E-state index is 11.9. The Balaban J connectivity index is 0.00000364. The van der Waals surface area contributed by atoms with Crippen LogP contribution >= 0.6 is 12.4 Å². The third-order valence-electron chi connectivity index (χ3n) is 2.03. The summed E-state index contributed by atoms with van der Waals surface area (Å²) in [5, 5.41) is 11.3. The molecule has 4 heteroatoms. The molecule has 2 rings (SSSR count). The lowest BCUT2D eigenvalue weighted by molar-refractivity contribution is -0.139. The van der Waals surface area contributed by atoms with Crippen LogP contribution in [-0.4, -0.2) is 23.6 Å². The van der Waals surface area contributed by atoms with Gasteiger partial charge in [0.05, 0.1) is 5.89 Å². The Bertz CT molecular complexity index is 731.